The van der Waals surface area contributed by atoms with Crippen molar-refractivity contribution in [2.24, 2.45) is 0 Å². The van der Waals surface area contributed by atoms with Crippen LogP contribution in [0.5, 0.6) is 0 Å². The summed E-state index contributed by atoms with van der Waals surface area (Å²) < 4.78 is 0. The normalized spacial score (nSPS) is 9.42. The molecule has 12 heavy (non-hydrogen) atoms. The van der Waals surface area contributed by atoms with Gasteiger partial charge in [-0.2, -0.15) is 0 Å². The molecule has 0 saturated heterocycles. The molecule has 64 valence electrons. The van der Waals surface area contributed by atoms with Crippen molar-refractivity contribution in [1.29, 1.82) is 0 Å². The second-order valence-electron chi connectivity index (χ2n) is 2.28. The van der Waals surface area contributed by atoms with Crippen molar-refractivity contribution in [3.8, 4) is 0 Å². The number of carbonyl (C=O) groups excluding carboxylic acids is 1. The molecule has 0 heterocycles. The molecule has 3 heteroatoms. The van der Waals surface area contributed by atoms with Crippen LogP contribution < -0.4 is 5.32 Å². The van der Waals surface area contributed by atoms with Gasteiger partial charge in [0.1, 0.15) is 6.29 Å². The highest BCUT2D eigenvalue weighted by Gasteiger charge is 1.90. The van der Waals surface area contributed by atoms with Crippen LogP contribution in [-0.4, -0.2) is 19.1 Å². The Kier molecular flexibility index (Phi) is 3.67. The maximum absolute atomic E-state index is 10.0. The predicted octanol–water partition coefficient (Wildman–Crippen LogP) is 2.02. The average molecular weight is 181 g/mol. The first-order chi connectivity index (χ1) is 5.86. The highest BCUT2D eigenvalue weighted by Crippen LogP contribution is 2.16. The minimum atomic E-state index is 0.374. The minimum absolute atomic E-state index is 0.374. The largest absolute Gasteiger partial charge is 0.378 e. The van der Waals surface area contributed by atoms with Crippen LogP contribution in [0.3, 0.4) is 0 Å². The van der Waals surface area contributed by atoms with Gasteiger partial charge >= 0.3 is 0 Å². The lowest BCUT2D eigenvalue weighted by Gasteiger charge is -2.02. The lowest BCUT2D eigenvalue weighted by molar-refractivity contribution is -0.106. The Bertz CT molecular complexity index is 245. The van der Waals surface area contributed by atoms with Crippen LogP contribution in [0.1, 0.15) is 0 Å². The average Bonchev–Trinajstić information content (AvgIpc) is 2.15. The molecule has 1 N–H and O–H groups in total. The van der Waals surface area contributed by atoms with Crippen molar-refractivity contribution in [3.05, 3.63) is 24.3 Å². The zero-order valence-corrected chi connectivity index (χ0v) is 7.73. The molecule has 0 aliphatic carbocycles. The zero-order chi connectivity index (χ0) is 8.81. The Balaban J connectivity index is 2.58. The summed E-state index contributed by atoms with van der Waals surface area (Å²) in [5.74, 6) is 0. The maximum atomic E-state index is 10.0. The van der Waals surface area contributed by atoms with Crippen LogP contribution in [0.4, 0.5) is 5.69 Å². The first kappa shape index (κ1) is 9.13. The summed E-state index contributed by atoms with van der Waals surface area (Å²) in [5, 5.41) is 2.97. The molecule has 1 rings (SSSR count). The molecule has 0 aliphatic rings. The summed E-state index contributed by atoms with van der Waals surface area (Å²) in [6.07, 6.45) is 2.89. The molecule has 2 nitrogen and oxygen atoms in total. The highest BCUT2D eigenvalue weighted by molar-refractivity contribution is 7.98. The molecule has 0 aromatic heterocycles. The molecule has 1 aromatic rings. The number of rotatable bonds is 4. The van der Waals surface area contributed by atoms with E-state index < -0.39 is 0 Å². The SMILES string of the molecule is CSc1ccc(NCC=O)cc1. The Morgan fingerprint density at radius 3 is 2.58 bits per heavy atom. The first-order valence-corrected chi connectivity index (χ1v) is 4.91. The molecule has 0 bridgehead atoms. The van der Waals surface area contributed by atoms with Crippen LogP contribution in [-0.2, 0) is 4.79 Å². The van der Waals surface area contributed by atoms with Crippen molar-refractivity contribution in [2.75, 3.05) is 18.1 Å². The second-order valence-corrected chi connectivity index (χ2v) is 3.16. The lowest BCUT2D eigenvalue weighted by atomic mass is 10.3. The monoisotopic (exact) mass is 181 g/mol. The number of carbonyl (C=O) groups is 1. The van der Waals surface area contributed by atoms with Gasteiger partial charge in [0.05, 0.1) is 6.54 Å². The van der Waals surface area contributed by atoms with E-state index in [0.29, 0.717) is 6.54 Å². The quantitative estimate of drug-likeness (QED) is 0.569. The van der Waals surface area contributed by atoms with Crippen LogP contribution in [0.15, 0.2) is 29.2 Å². The van der Waals surface area contributed by atoms with Gasteiger partial charge in [-0.25, -0.2) is 0 Å². The fourth-order valence-electron chi connectivity index (χ4n) is 0.868. The van der Waals surface area contributed by atoms with Crippen molar-refractivity contribution in [2.45, 2.75) is 4.90 Å². The molecular weight excluding hydrogens is 170 g/mol. The van der Waals surface area contributed by atoms with Gasteiger partial charge in [-0.15, -0.1) is 11.8 Å². The topological polar surface area (TPSA) is 29.1 Å². The van der Waals surface area contributed by atoms with Crippen LogP contribution in [0.25, 0.3) is 0 Å². The third-order valence-electron chi connectivity index (χ3n) is 1.48. The summed E-state index contributed by atoms with van der Waals surface area (Å²) in [6, 6.07) is 7.99. The Hall–Kier alpha value is -0.960. The van der Waals surface area contributed by atoms with Crippen molar-refractivity contribution < 1.29 is 4.79 Å². The van der Waals surface area contributed by atoms with Crippen molar-refractivity contribution >= 4 is 23.7 Å². The number of hydrogen-bond acceptors (Lipinski definition) is 3. The van der Waals surface area contributed by atoms with Gasteiger partial charge in [0.2, 0.25) is 0 Å². The van der Waals surface area contributed by atoms with Gasteiger partial charge in [-0.05, 0) is 30.5 Å². The minimum Gasteiger partial charge on any atom is -0.378 e. The molecule has 0 radical (unpaired) electrons. The Morgan fingerprint density at radius 1 is 1.42 bits per heavy atom. The summed E-state index contributed by atoms with van der Waals surface area (Å²) in [4.78, 5) is 11.3. The van der Waals surface area contributed by atoms with Gasteiger partial charge in [0.15, 0.2) is 0 Å². The summed E-state index contributed by atoms with van der Waals surface area (Å²) >= 11 is 1.70. The third kappa shape index (κ3) is 2.58. The maximum Gasteiger partial charge on any atom is 0.139 e. The molecule has 0 amide bonds. The Labute approximate surface area is 76.4 Å². The highest BCUT2D eigenvalue weighted by atomic mass is 32.2. The smallest absolute Gasteiger partial charge is 0.139 e. The van der Waals surface area contributed by atoms with E-state index in [1.54, 1.807) is 11.8 Å². The fraction of sp³-hybridized carbons (Fsp3) is 0.222. The Morgan fingerprint density at radius 2 is 2.08 bits per heavy atom. The first-order valence-electron chi connectivity index (χ1n) is 3.68. The standard InChI is InChI=1S/C9H11NOS/c1-12-9-4-2-8(3-5-9)10-6-7-11/h2-5,7,10H,6H2,1H3. The fourth-order valence-corrected chi connectivity index (χ4v) is 1.28. The van der Waals surface area contributed by atoms with Crippen molar-refractivity contribution in [3.63, 3.8) is 0 Å². The van der Waals surface area contributed by atoms with Crippen LogP contribution in [0.2, 0.25) is 0 Å². The summed E-state index contributed by atoms with van der Waals surface area (Å²) in [6.45, 7) is 0.374. The van der Waals surface area contributed by atoms with E-state index in [1.807, 2.05) is 30.5 Å². The number of aldehydes is 1. The molecule has 0 saturated carbocycles. The molecule has 0 aliphatic heterocycles. The van der Waals surface area contributed by atoms with Gasteiger partial charge in [-0.3, -0.25) is 0 Å². The van der Waals surface area contributed by atoms with E-state index in [9.17, 15) is 4.79 Å². The summed E-state index contributed by atoms with van der Waals surface area (Å²) in [5.41, 5.74) is 0.986. The molecule has 1 aromatic carbocycles. The molecule has 0 spiro atoms. The van der Waals surface area contributed by atoms with Gasteiger partial charge in [0.25, 0.3) is 0 Å². The van der Waals surface area contributed by atoms with E-state index in [0.717, 1.165) is 12.0 Å². The van der Waals surface area contributed by atoms with Crippen LogP contribution >= 0.6 is 11.8 Å². The van der Waals surface area contributed by atoms with E-state index in [4.69, 9.17) is 0 Å². The van der Waals surface area contributed by atoms with Gasteiger partial charge in [0, 0.05) is 10.6 Å². The second kappa shape index (κ2) is 4.83. The molecule has 0 atom stereocenters. The predicted molar refractivity (Wildman–Crippen MR) is 52.8 cm³/mol. The van der Waals surface area contributed by atoms with E-state index in [-0.39, 0.29) is 0 Å². The van der Waals surface area contributed by atoms with Crippen LogP contribution in [0, 0.1) is 0 Å². The number of thioether (sulfide) groups is 1. The summed E-state index contributed by atoms with van der Waals surface area (Å²) in [7, 11) is 0. The van der Waals surface area contributed by atoms with Crippen molar-refractivity contribution in [1.82, 2.24) is 0 Å². The van der Waals surface area contributed by atoms with Gasteiger partial charge in [-0.1, -0.05) is 0 Å². The lowest BCUT2D eigenvalue weighted by Crippen LogP contribution is -2.01. The number of anilines is 1. The van der Waals surface area contributed by atoms with E-state index in [1.165, 1.54) is 4.90 Å². The third-order valence-corrected chi connectivity index (χ3v) is 2.22. The number of nitrogens with one attached hydrogen (secondary N) is 1. The number of benzene rings is 1. The van der Waals surface area contributed by atoms with Gasteiger partial charge < -0.3 is 10.1 Å². The van der Waals surface area contributed by atoms with E-state index >= 15 is 0 Å². The molecule has 0 unspecified atom stereocenters. The molecule has 0 fully saturated rings. The molecular formula is C9H11NOS. The number of hydrogen-bond donors (Lipinski definition) is 1. The zero-order valence-electron chi connectivity index (χ0n) is 6.91. The van der Waals surface area contributed by atoms with E-state index in [2.05, 4.69) is 5.32 Å².